The molecular weight excluding hydrogens is 210 g/mol. The van der Waals surface area contributed by atoms with Crippen LogP contribution in [0.3, 0.4) is 0 Å². The van der Waals surface area contributed by atoms with Crippen molar-refractivity contribution < 1.29 is 4.74 Å². The van der Waals surface area contributed by atoms with Crippen molar-refractivity contribution in [3.63, 3.8) is 0 Å². The first-order chi connectivity index (χ1) is 7.72. The number of nitrogens with two attached hydrogens (primary N) is 1. The minimum atomic E-state index is -0.272. The Morgan fingerprint density at radius 3 is 2.18 bits per heavy atom. The Balaban J connectivity index is 3.33. The van der Waals surface area contributed by atoms with Crippen LogP contribution in [0.5, 0.6) is 5.75 Å². The third-order valence-electron chi connectivity index (χ3n) is 3.40. The lowest BCUT2D eigenvalue weighted by Crippen LogP contribution is -2.32. The Morgan fingerprint density at radius 2 is 1.76 bits per heavy atom. The molecule has 0 heterocycles. The highest BCUT2D eigenvalue weighted by Crippen LogP contribution is 2.34. The number of ether oxygens (including phenoxy) is 1. The van der Waals surface area contributed by atoms with Crippen LogP contribution >= 0.6 is 0 Å². The molecule has 0 saturated heterocycles. The summed E-state index contributed by atoms with van der Waals surface area (Å²) in [5.74, 6) is 0.938. The third-order valence-corrected chi connectivity index (χ3v) is 3.40. The minimum absolute atomic E-state index is 0.0607. The molecule has 0 spiro atoms. The van der Waals surface area contributed by atoms with E-state index in [2.05, 4.69) is 46.8 Å². The van der Waals surface area contributed by atoms with Crippen LogP contribution in [-0.4, -0.2) is 7.11 Å². The van der Waals surface area contributed by atoms with E-state index in [-0.39, 0.29) is 11.0 Å². The van der Waals surface area contributed by atoms with Crippen LogP contribution in [0, 0.1) is 0 Å². The highest BCUT2D eigenvalue weighted by molar-refractivity contribution is 5.43. The van der Waals surface area contributed by atoms with Gasteiger partial charge in [0.1, 0.15) is 5.75 Å². The zero-order valence-corrected chi connectivity index (χ0v) is 11.9. The molecule has 0 bridgehead atoms. The van der Waals surface area contributed by atoms with E-state index < -0.39 is 0 Å². The fourth-order valence-electron chi connectivity index (χ4n) is 1.85. The number of benzene rings is 1. The Kier molecular flexibility index (Phi) is 3.88. The van der Waals surface area contributed by atoms with Crippen molar-refractivity contribution in [3.05, 3.63) is 29.3 Å². The van der Waals surface area contributed by atoms with Gasteiger partial charge in [-0.1, -0.05) is 33.8 Å². The largest absolute Gasteiger partial charge is 0.496 e. The molecule has 0 amide bonds. The van der Waals surface area contributed by atoms with Crippen LogP contribution in [0.15, 0.2) is 18.2 Å². The molecule has 0 saturated carbocycles. The molecule has 0 aliphatic heterocycles. The topological polar surface area (TPSA) is 35.2 Å². The van der Waals surface area contributed by atoms with Crippen molar-refractivity contribution in [3.8, 4) is 5.75 Å². The summed E-state index contributed by atoms with van der Waals surface area (Å²) < 4.78 is 5.43. The van der Waals surface area contributed by atoms with E-state index in [1.807, 2.05) is 6.07 Å². The summed E-state index contributed by atoms with van der Waals surface area (Å²) in [5, 5.41) is 0. The average molecular weight is 235 g/mol. The second kappa shape index (κ2) is 4.69. The molecule has 96 valence electrons. The van der Waals surface area contributed by atoms with Crippen LogP contribution in [0.25, 0.3) is 0 Å². The quantitative estimate of drug-likeness (QED) is 0.869. The summed E-state index contributed by atoms with van der Waals surface area (Å²) in [5.41, 5.74) is 8.47. The van der Waals surface area contributed by atoms with E-state index in [0.29, 0.717) is 0 Å². The van der Waals surface area contributed by atoms with Gasteiger partial charge >= 0.3 is 0 Å². The summed E-state index contributed by atoms with van der Waals surface area (Å²) in [6.07, 6.45) is 0.920. The van der Waals surface area contributed by atoms with Crippen LogP contribution in [0.4, 0.5) is 0 Å². The predicted octanol–water partition coefficient (Wildman–Crippen LogP) is 3.58. The molecular formula is C15H25NO. The molecule has 2 nitrogen and oxygen atoms in total. The molecule has 0 aliphatic rings. The van der Waals surface area contributed by atoms with E-state index in [0.717, 1.165) is 12.2 Å². The first-order valence-corrected chi connectivity index (χ1v) is 6.20. The Morgan fingerprint density at radius 1 is 1.18 bits per heavy atom. The number of rotatable bonds is 3. The first kappa shape index (κ1) is 14.0. The molecule has 1 aromatic carbocycles. The molecule has 17 heavy (non-hydrogen) atoms. The van der Waals surface area contributed by atoms with E-state index in [9.17, 15) is 0 Å². The van der Waals surface area contributed by atoms with Gasteiger partial charge in [-0.2, -0.15) is 0 Å². The van der Waals surface area contributed by atoms with Crippen molar-refractivity contribution >= 4 is 0 Å². The fourth-order valence-corrected chi connectivity index (χ4v) is 1.85. The van der Waals surface area contributed by atoms with Gasteiger partial charge in [-0.05, 0) is 42.0 Å². The smallest absolute Gasteiger partial charge is 0.122 e. The highest BCUT2D eigenvalue weighted by Gasteiger charge is 2.24. The maximum atomic E-state index is 6.30. The van der Waals surface area contributed by atoms with Gasteiger partial charge in [-0.3, -0.25) is 0 Å². The molecule has 2 heteroatoms. The third kappa shape index (κ3) is 3.01. The van der Waals surface area contributed by atoms with E-state index >= 15 is 0 Å². The molecule has 0 aromatic heterocycles. The lowest BCUT2D eigenvalue weighted by atomic mass is 9.81. The van der Waals surface area contributed by atoms with Crippen molar-refractivity contribution in [2.45, 2.75) is 52.0 Å². The zero-order valence-electron chi connectivity index (χ0n) is 11.9. The van der Waals surface area contributed by atoms with Gasteiger partial charge in [0.15, 0.2) is 0 Å². The second-order valence-corrected chi connectivity index (χ2v) is 5.94. The van der Waals surface area contributed by atoms with Crippen LogP contribution in [-0.2, 0) is 11.0 Å². The lowest BCUT2D eigenvalue weighted by molar-refractivity contribution is 0.395. The average Bonchev–Trinajstić information content (AvgIpc) is 2.27. The molecule has 0 fully saturated rings. The van der Waals surface area contributed by atoms with Gasteiger partial charge in [0, 0.05) is 5.54 Å². The van der Waals surface area contributed by atoms with Crippen LogP contribution in [0.1, 0.15) is 52.2 Å². The van der Waals surface area contributed by atoms with Gasteiger partial charge in [0.05, 0.1) is 7.11 Å². The van der Waals surface area contributed by atoms with Gasteiger partial charge in [0.2, 0.25) is 0 Å². The number of methoxy groups -OCH3 is 1. The van der Waals surface area contributed by atoms with Crippen LogP contribution < -0.4 is 10.5 Å². The summed E-state index contributed by atoms with van der Waals surface area (Å²) in [6.45, 7) is 10.7. The van der Waals surface area contributed by atoms with Crippen molar-refractivity contribution in [2.24, 2.45) is 5.73 Å². The molecule has 0 radical (unpaired) electrons. The summed E-state index contributed by atoms with van der Waals surface area (Å²) in [4.78, 5) is 0. The molecule has 1 rings (SSSR count). The predicted molar refractivity (Wildman–Crippen MR) is 73.5 cm³/mol. The van der Waals surface area contributed by atoms with Gasteiger partial charge in [-0.25, -0.2) is 0 Å². The number of hydrogen-bond donors (Lipinski definition) is 1. The summed E-state index contributed by atoms with van der Waals surface area (Å²) in [6, 6.07) is 6.27. The van der Waals surface area contributed by atoms with Gasteiger partial charge < -0.3 is 10.5 Å². The molecule has 1 unspecified atom stereocenters. The van der Waals surface area contributed by atoms with E-state index in [4.69, 9.17) is 10.5 Å². The Labute approximate surface area is 105 Å². The van der Waals surface area contributed by atoms with E-state index in [1.54, 1.807) is 7.11 Å². The zero-order chi connectivity index (χ0) is 13.3. The fraction of sp³-hybridized carbons (Fsp3) is 0.600. The van der Waals surface area contributed by atoms with E-state index in [1.165, 1.54) is 11.1 Å². The minimum Gasteiger partial charge on any atom is -0.496 e. The standard InChI is InChI=1S/C15H25NO/c1-7-15(5,16)11-8-9-13(17-6)12(10-11)14(2,3)4/h8-10H,7,16H2,1-6H3. The normalized spacial score (nSPS) is 15.5. The number of hydrogen-bond acceptors (Lipinski definition) is 2. The summed E-state index contributed by atoms with van der Waals surface area (Å²) >= 11 is 0. The van der Waals surface area contributed by atoms with Gasteiger partial charge in [0.25, 0.3) is 0 Å². The Hall–Kier alpha value is -1.02. The second-order valence-electron chi connectivity index (χ2n) is 5.94. The lowest BCUT2D eigenvalue weighted by Gasteiger charge is -2.28. The van der Waals surface area contributed by atoms with Crippen molar-refractivity contribution in [2.75, 3.05) is 7.11 Å². The monoisotopic (exact) mass is 235 g/mol. The maximum absolute atomic E-state index is 6.30. The summed E-state index contributed by atoms with van der Waals surface area (Å²) in [7, 11) is 1.71. The molecule has 1 aromatic rings. The maximum Gasteiger partial charge on any atom is 0.122 e. The first-order valence-electron chi connectivity index (χ1n) is 6.20. The molecule has 2 N–H and O–H groups in total. The van der Waals surface area contributed by atoms with Crippen molar-refractivity contribution in [1.29, 1.82) is 0 Å². The SMILES string of the molecule is CCC(C)(N)c1ccc(OC)c(C(C)(C)C)c1. The Bertz CT molecular complexity index is 388. The van der Waals surface area contributed by atoms with Gasteiger partial charge in [-0.15, -0.1) is 0 Å². The highest BCUT2D eigenvalue weighted by atomic mass is 16.5. The molecule has 0 aliphatic carbocycles. The molecule has 1 atom stereocenters. The van der Waals surface area contributed by atoms with Crippen LogP contribution in [0.2, 0.25) is 0 Å². The van der Waals surface area contributed by atoms with Crippen molar-refractivity contribution in [1.82, 2.24) is 0 Å².